The fourth-order valence-electron chi connectivity index (χ4n) is 3.98. The van der Waals surface area contributed by atoms with Crippen LogP contribution >= 0.6 is 0 Å². The molecule has 0 bridgehead atoms. The van der Waals surface area contributed by atoms with Crippen LogP contribution in [0, 0.1) is 0 Å². The molecule has 0 aliphatic heterocycles. The van der Waals surface area contributed by atoms with Crippen molar-refractivity contribution < 1.29 is 19.4 Å². The number of carbonyl (C=O) groups is 1. The zero-order chi connectivity index (χ0) is 26.6. The van der Waals surface area contributed by atoms with Crippen LogP contribution in [0.5, 0.6) is 11.5 Å². The molecule has 0 unspecified atom stereocenters. The Morgan fingerprint density at radius 3 is 1.74 bits per heavy atom. The Balaban J connectivity index is 1.50. The van der Waals surface area contributed by atoms with Crippen molar-refractivity contribution in [2.45, 2.75) is 38.8 Å². The number of carboxylic acid groups (broad SMARTS) is 1. The summed E-state index contributed by atoms with van der Waals surface area (Å²) in [5.41, 5.74) is 9.79. The fraction of sp³-hybridized carbons (Fsp3) is 0.233. The first kappa shape index (κ1) is 26.8. The average Bonchev–Trinajstić information content (AvgIpc) is 2.95. The van der Waals surface area contributed by atoms with Gasteiger partial charge in [-0.05, 0) is 30.7 Å². The Hall–Kier alpha value is -4.27. The first-order chi connectivity index (χ1) is 18.6. The molecule has 4 aromatic rings. The van der Waals surface area contributed by atoms with Crippen LogP contribution < -0.4 is 15.2 Å². The molecular formula is C30H32N4O4. The van der Waals surface area contributed by atoms with Crippen LogP contribution in [0.2, 0.25) is 0 Å². The number of para-hydroxylation sites is 2. The van der Waals surface area contributed by atoms with Crippen molar-refractivity contribution in [3.63, 3.8) is 0 Å². The third-order valence-electron chi connectivity index (χ3n) is 6.04. The first-order valence-corrected chi connectivity index (χ1v) is 12.5. The number of carboxylic acids is 1. The van der Waals surface area contributed by atoms with Crippen molar-refractivity contribution in [1.29, 1.82) is 0 Å². The number of ether oxygens (including phenoxy) is 2. The molecule has 196 valence electrons. The summed E-state index contributed by atoms with van der Waals surface area (Å²) in [6.45, 7) is 2.39. The summed E-state index contributed by atoms with van der Waals surface area (Å²) in [5, 5.41) is 9.33. The van der Waals surface area contributed by atoms with Crippen molar-refractivity contribution in [1.82, 2.24) is 14.9 Å². The predicted molar refractivity (Wildman–Crippen MR) is 144 cm³/mol. The molecule has 8 heteroatoms. The number of nitrogens with zero attached hydrogens (tertiary/aromatic N) is 3. The molecule has 2 aromatic heterocycles. The Bertz CT molecular complexity index is 1200. The Morgan fingerprint density at radius 1 is 0.789 bits per heavy atom. The standard InChI is InChI=1S/C30H32N4O4/c31-27(30(35)36)13-16-34(19-25-9-1-3-11-28(25)37-21-23-7-5-14-32-17-23)20-26-10-2-4-12-29(26)38-22-24-8-6-15-33-18-24/h1-12,14-15,17-18,27H,13,16,19-22,31H2,(H,35,36)/t27-/m0/s1. The number of aliphatic carboxylic acids is 1. The number of nitrogens with two attached hydrogens (primary N) is 1. The second-order valence-corrected chi connectivity index (χ2v) is 8.96. The van der Waals surface area contributed by atoms with E-state index in [0.717, 1.165) is 33.8 Å². The lowest BCUT2D eigenvalue weighted by molar-refractivity contribution is -0.138. The van der Waals surface area contributed by atoms with Gasteiger partial charge in [-0.2, -0.15) is 0 Å². The molecule has 0 aliphatic carbocycles. The molecule has 0 radical (unpaired) electrons. The maximum Gasteiger partial charge on any atom is 0.320 e. The maximum atomic E-state index is 11.4. The molecule has 3 N–H and O–H groups in total. The number of benzene rings is 2. The second-order valence-electron chi connectivity index (χ2n) is 8.96. The summed E-state index contributed by atoms with van der Waals surface area (Å²) in [7, 11) is 0. The van der Waals surface area contributed by atoms with E-state index in [1.54, 1.807) is 24.8 Å². The summed E-state index contributed by atoms with van der Waals surface area (Å²) >= 11 is 0. The SMILES string of the molecule is N[C@@H](CCN(Cc1ccccc1OCc1cccnc1)Cc1ccccc1OCc1cccnc1)C(=O)O. The van der Waals surface area contributed by atoms with Crippen LogP contribution in [-0.4, -0.2) is 38.5 Å². The number of rotatable bonds is 14. The van der Waals surface area contributed by atoms with Crippen LogP contribution in [0.15, 0.2) is 97.6 Å². The molecule has 0 fully saturated rings. The molecule has 0 spiro atoms. The largest absolute Gasteiger partial charge is 0.489 e. The third kappa shape index (κ3) is 8.12. The van der Waals surface area contributed by atoms with Crippen molar-refractivity contribution in [2.75, 3.05) is 6.54 Å². The van der Waals surface area contributed by atoms with Gasteiger partial charge in [0.1, 0.15) is 30.8 Å². The number of hydrogen-bond acceptors (Lipinski definition) is 7. The van der Waals surface area contributed by atoms with Gasteiger partial charge in [-0.25, -0.2) is 0 Å². The Labute approximate surface area is 222 Å². The van der Waals surface area contributed by atoms with Crippen molar-refractivity contribution >= 4 is 5.97 Å². The van der Waals surface area contributed by atoms with Gasteiger partial charge >= 0.3 is 5.97 Å². The van der Waals surface area contributed by atoms with Gasteiger partial charge in [-0.1, -0.05) is 48.5 Å². The second kappa shape index (κ2) is 13.9. The third-order valence-corrected chi connectivity index (χ3v) is 6.04. The van der Waals surface area contributed by atoms with Crippen LogP contribution in [0.1, 0.15) is 28.7 Å². The minimum Gasteiger partial charge on any atom is -0.489 e. The lowest BCUT2D eigenvalue weighted by Crippen LogP contribution is -2.35. The van der Waals surface area contributed by atoms with E-state index in [1.807, 2.05) is 72.8 Å². The number of hydrogen-bond donors (Lipinski definition) is 2. The molecule has 0 amide bonds. The van der Waals surface area contributed by atoms with Gasteiger partial charge in [0.15, 0.2) is 0 Å². The summed E-state index contributed by atoms with van der Waals surface area (Å²) < 4.78 is 12.3. The maximum absolute atomic E-state index is 11.4. The first-order valence-electron chi connectivity index (χ1n) is 12.5. The van der Waals surface area contributed by atoms with Gasteiger partial charge in [0, 0.05) is 66.7 Å². The Kier molecular flexibility index (Phi) is 9.78. The normalized spacial score (nSPS) is 11.7. The van der Waals surface area contributed by atoms with Crippen LogP contribution in [0.4, 0.5) is 0 Å². The van der Waals surface area contributed by atoms with Crippen LogP contribution in [0.25, 0.3) is 0 Å². The molecule has 2 aromatic carbocycles. The summed E-state index contributed by atoms with van der Waals surface area (Å²) in [4.78, 5) is 21.8. The smallest absolute Gasteiger partial charge is 0.320 e. The van der Waals surface area contributed by atoms with E-state index in [4.69, 9.17) is 15.2 Å². The molecule has 0 aliphatic rings. The molecule has 8 nitrogen and oxygen atoms in total. The van der Waals surface area contributed by atoms with Gasteiger partial charge in [-0.3, -0.25) is 19.7 Å². The van der Waals surface area contributed by atoms with Crippen molar-refractivity contribution in [3.8, 4) is 11.5 Å². The average molecular weight is 513 g/mol. The molecule has 0 saturated carbocycles. The summed E-state index contributed by atoms with van der Waals surface area (Å²) in [6, 6.07) is 22.5. The quantitative estimate of drug-likeness (QED) is 0.255. The highest BCUT2D eigenvalue weighted by Crippen LogP contribution is 2.25. The highest BCUT2D eigenvalue weighted by atomic mass is 16.5. The van der Waals surface area contributed by atoms with E-state index in [9.17, 15) is 9.90 Å². The lowest BCUT2D eigenvalue weighted by atomic mass is 10.1. The van der Waals surface area contributed by atoms with E-state index >= 15 is 0 Å². The zero-order valence-electron chi connectivity index (χ0n) is 21.1. The van der Waals surface area contributed by atoms with E-state index in [-0.39, 0.29) is 0 Å². The molecule has 4 rings (SSSR count). The monoisotopic (exact) mass is 512 g/mol. The molecule has 38 heavy (non-hydrogen) atoms. The van der Waals surface area contributed by atoms with Gasteiger partial charge in [-0.15, -0.1) is 0 Å². The molecular weight excluding hydrogens is 480 g/mol. The minimum absolute atomic E-state index is 0.312. The highest BCUT2D eigenvalue weighted by molar-refractivity contribution is 5.73. The highest BCUT2D eigenvalue weighted by Gasteiger charge is 2.17. The van der Waals surface area contributed by atoms with E-state index < -0.39 is 12.0 Å². The number of aromatic nitrogens is 2. The summed E-state index contributed by atoms with van der Waals surface area (Å²) in [6.07, 6.45) is 7.34. The molecule has 2 heterocycles. The van der Waals surface area contributed by atoms with Gasteiger partial charge in [0.25, 0.3) is 0 Å². The van der Waals surface area contributed by atoms with Gasteiger partial charge < -0.3 is 20.3 Å². The van der Waals surface area contributed by atoms with Gasteiger partial charge in [0.05, 0.1) is 0 Å². The van der Waals surface area contributed by atoms with Crippen molar-refractivity contribution in [2.24, 2.45) is 5.73 Å². The zero-order valence-corrected chi connectivity index (χ0v) is 21.1. The fourth-order valence-corrected chi connectivity index (χ4v) is 3.98. The van der Waals surface area contributed by atoms with Crippen LogP contribution in [-0.2, 0) is 31.1 Å². The van der Waals surface area contributed by atoms with E-state index in [1.165, 1.54) is 0 Å². The van der Waals surface area contributed by atoms with E-state index in [2.05, 4.69) is 14.9 Å². The molecule has 0 saturated heterocycles. The number of pyridine rings is 2. The minimum atomic E-state index is -1.01. The van der Waals surface area contributed by atoms with E-state index in [0.29, 0.717) is 39.3 Å². The van der Waals surface area contributed by atoms with Crippen molar-refractivity contribution in [3.05, 3.63) is 120 Å². The van der Waals surface area contributed by atoms with Crippen LogP contribution in [0.3, 0.4) is 0 Å². The lowest BCUT2D eigenvalue weighted by Gasteiger charge is -2.25. The molecule has 1 atom stereocenters. The Morgan fingerprint density at radius 2 is 1.29 bits per heavy atom. The van der Waals surface area contributed by atoms with Gasteiger partial charge in [0.2, 0.25) is 0 Å². The predicted octanol–water partition coefficient (Wildman–Crippen LogP) is 4.44. The topological polar surface area (TPSA) is 111 Å². The summed E-state index contributed by atoms with van der Waals surface area (Å²) in [5.74, 6) is 0.528.